The van der Waals surface area contributed by atoms with Gasteiger partial charge >= 0.3 is 0 Å². The molecular formula is C23H25FN8O2. The molecule has 4 aromatic rings. The van der Waals surface area contributed by atoms with Crippen molar-refractivity contribution in [1.82, 2.24) is 30.6 Å². The molecule has 1 fully saturated rings. The third-order valence-corrected chi connectivity index (χ3v) is 5.91. The van der Waals surface area contributed by atoms with Crippen molar-refractivity contribution in [3.63, 3.8) is 0 Å². The molecule has 0 bridgehead atoms. The summed E-state index contributed by atoms with van der Waals surface area (Å²) in [4.78, 5) is 22.9. The maximum Gasteiger partial charge on any atom is 0.292 e. The van der Waals surface area contributed by atoms with Gasteiger partial charge in [0.2, 0.25) is 5.89 Å². The number of halogens is 1. The largest absolute Gasteiger partial charge is 0.353 e. The number of anilines is 1. The summed E-state index contributed by atoms with van der Waals surface area (Å²) in [5.41, 5.74) is 8.55. The minimum absolute atomic E-state index is 0.00905. The van der Waals surface area contributed by atoms with Crippen LogP contribution in [0, 0.1) is 5.82 Å². The van der Waals surface area contributed by atoms with Crippen molar-refractivity contribution >= 4 is 22.8 Å². The highest BCUT2D eigenvalue weighted by Crippen LogP contribution is 2.35. The molecule has 1 atom stereocenters. The second-order valence-electron chi connectivity index (χ2n) is 8.72. The van der Waals surface area contributed by atoms with Gasteiger partial charge in [-0.2, -0.15) is 10.1 Å². The van der Waals surface area contributed by atoms with Crippen molar-refractivity contribution in [2.75, 3.05) is 18.0 Å². The number of nitrogens with one attached hydrogen (secondary N) is 2. The van der Waals surface area contributed by atoms with Crippen LogP contribution in [0.1, 0.15) is 48.3 Å². The van der Waals surface area contributed by atoms with Gasteiger partial charge in [-0.25, -0.2) is 9.37 Å². The van der Waals surface area contributed by atoms with Crippen molar-refractivity contribution in [3.8, 4) is 11.1 Å². The summed E-state index contributed by atoms with van der Waals surface area (Å²) in [6.07, 6.45) is 2.55. The monoisotopic (exact) mass is 464 g/mol. The Hall–Kier alpha value is -3.86. The lowest BCUT2D eigenvalue weighted by Gasteiger charge is -2.16. The molecule has 3 aromatic heterocycles. The minimum Gasteiger partial charge on any atom is -0.353 e. The molecular weight excluding hydrogens is 439 g/mol. The van der Waals surface area contributed by atoms with Gasteiger partial charge in [-0.15, -0.1) is 0 Å². The van der Waals surface area contributed by atoms with Crippen LogP contribution in [-0.2, 0) is 6.54 Å². The van der Waals surface area contributed by atoms with Gasteiger partial charge in [-0.1, -0.05) is 31.1 Å². The molecule has 1 amide bonds. The number of amides is 1. The highest BCUT2D eigenvalue weighted by molar-refractivity contribution is 6.00. The Labute approximate surface area is 194 Å². The van der Waals surface area contributed by atoms with Gasteiger partial charge < -0.3 is 20.5 Å². The summed E-state index contributed by atoms with van der Waals surface area (Å²) in [6, 6.07) is 6.86. The Balaban J connectivity index is 1.37. The molecule has 5 rings (SSSR count). The Morgan fingerprint density at radius 3 is 2.94 bits per heavy atom. The summed E-state index contributed by atoms with van der Waals surface area (Å²) in [5, 5.41) is 14.6. The molecule has 0 spiro atoms. The van der Waals surface area contributed by atoms with Crippen LogP contribution in [0.25, 0.3) is 22.2 Å². The van der Waals surface area contributed by atoms with E-state index >= 15 is 4.39 Å². The van der Waals surface area contributed by atoms with E-state index in [0.29, 0.717) is 29.2 Å². The molecule has 0 radical (unpaired) electrons. The van der Waals surface area contributed by atoms with Gasteiger partial charge in [-0.3, -0.25) is 9.89 Å². The molecule has 1 aliphatic heterocycles. The number of carbonyl (C=O) groups is 1. The molecule has 1 aromatic carbocycles. The normalized spacial score (nSPS) is 16.0. The fourth-order valence-corrected chi connectivity index (χ4v) is 4.06. The molecule has 0 aliphatic carbocycles. The summed E-state index contributed by atoms with van der Waals surface area (Å²) in [6.45, 7) is 5.28. The van der Waals surface area contributed by atoms with Gasteiger partial charge in [0.05, 0.1) is 5.39 Å². The van der Waals surface area contributed by atoms with Crippen molar-refractivity contribution in [1.29, 1.82) is 0 Å². The number of hydrogen-bond donors (Lipinski definition) is 3. The van der Waals surface area contributed by atoms with Crippen molar-refractivity contribution < 1.29 is 13.7 Å². The van der Waals surface area contributed by atoms with Crippen LogP contribution < -0.4 is 16.0 Å². The smallest absolute Gasteiger partial charge is 0.292 e. The summed E-state index contributed by atoms with van der Waals surface area (Å²) in [7, 11) is 0. The first-order valence-electron chi connectivity index (χ1n) is 11.1. The van der Waals surface area contributed by atoms with E-state index in [2.05, 4.69) is 35.5 Å². The molecule has 0 saturated carbocycles. The van der Waals surface area contributed by atoms with E-state index in [1.54, 1.807) is 12.3 Å². The predicted molar refractivity (Wildman–Crippen MR) is 124 cm³/mol. The maximum absolute atomic E-state index is 15.0. The molecule has 0 unspecified atom stereocenters. The van der Waals surface area contributed by atoms with E-state index in [1.807, 2.05) is 26.0 Å². The topological polar surface area (TPSA) is 139 Å². The predicted octanol–water partition coefficient (Wildman–Crippen LogP) is 2.74. The average Bonchev–Trinajstić information content (AvgIpc) is 3.57. The number of hydrogen-bond acceptors (Lipinski definition) is 8. The van der Waals surface area contributed by atoms with Crippen LogP contribution in [-0.4, -0.2) is 50.4 Å². The van der Waals surface area contributed by atoms with Crippen LogP contribution in [0.2, 0.25) is 0 Å². The van der Waals surface area contributed by atoms with Crippen molar-refractivity contribution in [3.05, 3.63) is 53.6 Å². The number of nitrogens with two attached hydrogens (primary N) is 1. The first-order valence-corrected chi connectivity index (χ1v) is 11.1. The number of benzene rings is 1. The molecule has 1 aliphatic rings. The Morgan fingerprint density at radius 2 is 2.24 bits per heavy atom. The first kappa shape index (κ1) is 22.0. The zero-order valence-electron chi connectivity index (χ0n) is 18.9. The quantitative estimate of drug-likeness (QED) is 0.396. The van der Waals surface area contributed by atoms with Gasteiger partial charge in [0.25, 0.3) is 11.7 Å². The zero-order valence-corrected chi connectivity index (χ0v) is 18.9. The number of aromatic nitrogens is 5. The summed E-state index contributed by atoms with van der Waals surface area (Å²) < 4.78 is 20.1. The number of aromatic amines is 1. The van der Waals surface area contributed by atoms with Crippen molar-refractivity contribution in [2.24, 2.45) is 5.73 Å². The number of pyridine rings is 1. The number of carbonyl (C=O) groups excluding carboxylic acids is 1. The standard InChI is InChI=1S/C23H25FN8O2/c1-12(2)23-28-20(31-34-23)22(33)27-10-14-4-3-13(9-17(14)24)16-5-7-26-19-18(16)21(30-29-19)32-8-6-15(25)11-32/h3-5,7,9,12,15H,6,8,10-11,25H2,1-2H3,(H,27,33)(H,26,29,30)/t15-/m1/s1. The summed E-state index contributed by atoms with van der Waals surface area (Å²) in [5.74, 6) is 0.113. The lowest BCUT2D eigenvalue weighted by molar-refractivity contribution is 0.0937. The number of nitrogens with zero attached hydrogens (tertiary/aromatic N) is 5. The number of rotatable bonds is 6. The van der Waals surface area contributed by atoms with Crippen molar-refractivity contribution in [2.45, 2.75) is 38.8 Å². The van der Waals surface area contributed by atoms with Crippen LogP contribution in [0.4, 0.5) is 10.2 Å². The molecule has 1 saturated heterocycles. The average molecular weight is 465 g/mol. The molecule has 11 heteroatoms. The molecule has 4 N–H and O–H groups in total. The van der Waals surface area contributed by atoms with E-state index in [4.69, 9.17) is 10.3 Å². The van der Waals surface area contributed by atoms with Gasteiger partial charge in [0.1, 0.15) is 5.82 Å². The number of H-pyrrole nitrogens is 1. The third kappa shape index (κ3) is 4.10. The van der Waals surface area contributed by atoms with E-state index < -0.39 is 11.7 Å². The van der Waals surface area contributed by atoms with E-state index in [-0.39, 0.29) is 24.3 Å². The SMILES string of the molecule is CC(C)c1nc(C(=O)NCc2ccc(-c3ccnc4[nH]nc(N5CC[C@@H](N)C5)c34)cc2F)no1. The van der Waals surface area contributed by atoms with Gasteiger partial charge in [0, 0.05) is 43.4 Å². The Morgan fingerprint density at radius 1 is 1.38 bits per heavy atom. The van der Waals surface area contributed by atoms with E-state index in [1.165, 1.54) is 6.07 Å². The number of fused-ring (bicyclic) bond motifs is 1. The lowest BCUT2D eigenvalue weighted by Crippen LogP contribution is -2.26. The second-order valence-corrected chi connectivity index (χ2v) is 8.72. The minimum atomic E-state index is -0.526. The maximum atomic E-state index is 15.0. The third-order valence-electron chi connectivity index (χ3n) is 5.91. The Kier molecular flexibility index (Phi) is 5.70. The van der Waals surface area contributed by atoms with Gasteiger partial charge in [-0.05, 0) is 29.7 Å². The fraction of sp³-hybridized carbons (Fsp3) is 0.348. The fourth-order valence-electron chi connectivity index (χ4n) is 4.06. The van der Waals surface area contributed by atoms with Crippen LogP contribution in [0.3, 0.4) is 0 Å². The zero-order chi connectivity index (χ0) is 23.8. The summed E-state index contributed by atoms with van der Waals surface area (Å²) >= 11 is 0. The van der Waals surface area contributed by atoms with Crippen LogP contribution >= 0.6 is 0 Å². The molecule has 4 heterocycles. The molecule has 10 nitrogen and oxygen atoms in total. The molecule has 34 heavy (non-hydrogen) atoms. The van der Waals surface area contributed by atoms with Crippen LogP contribution in [0.5, 0.6) is 0 Å². The first-order chi connectivity index (χ1) is 16.4. The van der Waals surface area contributed by atoms with Gasteiger partial charge in [0.15, 0.2) is 11.5 Å². The van der Waals surface area contributed by atoms with E-state index in [9.17, 15) is 4.79 Å². The molecule has 176 valence electrons. The second kappa shape index (κ2) is 8.82. The highest BCUT2D eigenvalue weighted by Gasteiger charge is 2.25. The Bertz CT molecular complexity index is 1350. The van der Waals surface area contributed by atoms with E-state index in [0.717, 1.165) is 29.7 Å². The van der Waals surface area contributed by atoms with Crippen LogP contribution in [0.15, 0.2) is 35.0 Å². The lowest BCUT2D eigenvalue weighted by atomic mass is 10.0. The highest BCUT2D eigenvalue weighted by atomic mass is 19.1.